The lowest BCUT2D eigenvalue weighted by Gasteiger charge is -2.07. The Kier molecular flexibility index (Phi) is 4.65. The van der Waals surface area contributed by atoms with Crippen molar-refractivity contribution in [3.63, 3.8) is 0 Å². The predicted molar refractivity (Wildman–Crippen MR) is 86.2 cm³/mol. The van der Waals surface area contributed by atoms with E-state index in [4.69, 9.17) is 11.6 Å². The summed E-state index contributed by atoms with van der Waals surface area (Å²) < 4.78 is 2.29. The Morgan fingerprint density at radius 2 is 1.41 bits per heavy atom. The van der Waals surface area contributed by atoms with Crippen LogP contribution in [-0.2, 0) is 0 Å². The molecule has 0 nitrogen and oxygen atoms in total. The summed E-state index contributed by atoms with van der Waals surface area (Å²) in [7, 11) is 0. The van der Waals surface area contributed by atoms with Gasteiger partial charge in [0, 0.05) is 19.2 Å². The monoisotopic (exact) mass is 418 g/mol. The van der Waals surface area contributed by atoms with Crippen LogP contribution in [0, 0.1) is 3.57 Å². The number of hydrogen-bond donors (Lipinski definition) is 0. The zero-order chi connectivity index (χ0) is 12.3. The molecule has 2 aromatic carbocycles. The first-order chi connectivity index (χ1) is 8.20. The molecule has 0 aliphatic heterocycles. The molecule has 17 heavy (non-hydrogen) atoms. The predicted octanol–water partition coefficient (Wildman–Crippen LogP) is 5.68. The maximum absolute atomic E-state index is 5.94. The van der Waals surface area contributed by atoms with Gasteiger partial charge >= 0.3 is 0 Å². The van der Waals surface area contributed by atoms with Crippen molar-refractivity contribution < 1.29 is 0 Å². The van der Waals surface area contributed by atoms with Crippen LogP contribution in [0.25, 0.3) is 5.57 Å². The minimum atomic E-state index is 1.04. The molecule has 0 saturated carbocycles. The molecule has 0 aliphatic rings. The number of benzene rings is 2. The molecule has 86 valence electrons. The van der Waals surface area contributed by atoms with Crippen molar-refractivity contribution in [2.24, 2.45) is 0 Å². The molecule has 0 aromatic heterocycles. The quantitative estimate of drug-likeness (QED) is 0.550. The van der Waals surface area contributed by atoms with E-state index in [-0.39, 0.29) is 0 Å². The minimum Gasteiger partial charge on any atom is -0.0923 e. The van der Waals surface area contributed by atoms with E-state index in [9.17, 15) is 0 Å². The molecule has 0 heterocycles. The molecule has 0 atom stereocenters. The Balaban J connectivity index is 2.41. The Morgan fingerprint density at radius 3 is 1.88 bits per heavy atom. The molecule has 0 aliphatic carbocycles. The molecular weight excluding hydrogens is 410 g/mol. The van der Waals surface area contributed by atoms with E-state index in [0.29, 0.717) is 0 Å². The molecule has 0 N–H and O–H groups in total. The highest BCUT2D eigenvalue weighted by molar-refractivity contribution is 14.1. The second-order valence-corrected chi connectivity index (χ2v) is 5.92. The van der Waals surface area contributed by atoms with Crippen LogP contribution in [0.5, 0.6) is 0 Å². The van der Waals surface area contributed by atoms with Crippen LogP contribution in [-0.4, -0.2) is 0 Å². The van der Waals surface area contributed by atoms with Gasteiger partial charge in [0.2, 0.25) is 0 Å². The van der Waals surface area contributed by atoms with Gasteiger partial charge in [0.15, 0.2) is 0 Å². The molecule has 0 bridgehead atoms. The van der Waals surface area contributed by atoms with E-state index in [1.54, 1.807) is 5.54 Å². The topological polar surface area (TPSA) is 0 Å². The maximum atomic E-state index is 5.94. The molecule has 0 amide bonds. The maximum Gasteiger partial charge on any atom is 0.0175 e. The van der Waals surface area contributed by atoms with Crippen molar-refractivity contribution in [1.29, 1.82) is 0 Å². The van der Waals surface area contributed by atoms with Gasteiger partial charge < -0.3 is 0 Å². The summed E-state index contributed by atoms with van der Waals surface area (Å²) in [4.78, 5) is 0. The summed E-state index contributed by atoms with van der Waals surface area (Å²) in [5.41, 5.74) is 4.91. The zero-order valence-electron chi connectivity index (χ0n) is 8.83. The van der Waals surface area contributed by atoms with Crippen molar-refractivity contribution in [2.75, 3.05) is 0 Å². The second-order valence-electron chi connectivity index (χ2n) is 3.54. The largest absolute Gasteiger partial charge is 0.0923 e. The average Bonchev–Trinajstić information content (AvgIpc) is 2.35. The standard InChI is InChI=1S/C14H9BrClI/c15-12-5-1-10(2-6-12)14(9-16)11-3-7-13(17)8-4-11/h1-9H. The summed E-state index contributed by atoms with van der Waals surface area (Å²) >= 11 is 11.7. The highest BCUT2D eigenvalue weighted by Gasteiger charge is 2.04. The smallest absolute Gasteiger partial charge is 0.0175 e. The molecule has 0 fully saturated rings. The van der Waals surface area contributed by atoms with Crippen LogP contribution in [0.1, 0.15) is 11.1 Å². The first-order valence-corrected chi connectivity index (χ1v) is 7.34. The molecule has 3 heteroatoms. The van der Waals surface area contributed by atoms with Crippen LogP contribution in [0.15, 0.2) is 58.5 Å². The summed E-state index contributed by atoms with van der Waals surface area (Å²) in [5, 5.41) is 0. The number of rotatable bonds is 2. The van der Waals surface area contributed by atoms with E-state index < -0.39 is 0 Å². The Bertz CT molecular complexity index is 482. The summed E-state index contributed by atoms with van der Waals surface area (Å²) in [6.45, 7) is 0. The van der Waals surface area contributed by atoms with Crippen molar-refractivity contribution in [2.45, 2.75) is 0 Å². The van der Waals surface area contributed by atoms with Gasteiger partial charge in [-0.2, -0.15) is 0 Å². The lowest BCUT2D eigenvalue weighted by atomic mass is 10.00. The van der Waals surface area contributed by atoms with Crippen LogP contribution in [0.4, 0.5) is 0 Å². The fourth-order valence-corrected chi connectivity index (χ4v) is 2.43. The van der Waals surface area contributed by atoms with Crippen molar-refractivity contribution in [3.8, 4) is 0 Å². The van der Waals surface area contributed by atoms with Gasteiger partial charge in [-0.1, -0.05) is 51.8 Å². The van der Waals surface area contributed by atoms with E-state index in [1.165, 1.54) is 3.57 Å². The molecular formula is C14H9BrClI. The summed E-state index contributed by atoms with van der Waals surface area (Å²) in [6.07, 6.45) is 0. The summed E-state index contributed by atoms with van der Waals surface area (Å²) in [6, 6.07) is 16.5. The van der Waals surface area contributed by atoms with E-state index in [0.717, 1.165) is 21.2 Å². The van der Waals surface area contributed by atoms with Crippen LogP contribution in [0.2, 0.25) is 0 Å². The van der Waals surface area contributed by atoms with E-state index >= 15 is 0 Å². The first kappa shape index (κ1) is 13.1. The molecule has 0 spiro atoms. The van der Waals surface area contributed by atoms with Gasteiger partial charge in [-0.15, -0.1) is 0 Å². The number of hydrogen-bond acceptors (Lipinski definition) is 0. The van der Waals surface area contributed by atoms with Crippen molar-refractivity contribution >= 4 is 55.7 Å². The van der Waals surface area contributed by atoms with Crippen molar-refractivity contribution in [3.05, 3.63) is 73.2 Å². The van der Waals surface area contributed by atoms with E-state index in [1.807, 2.05) is 12.1 Å². The van der Waals surface area contributed by atoms with Crippen LogP contribution >= 0.6 is 50.1 Å². The first-order valence-electron chi connectivity index (χ1n) is 5.03. The Morgan fingerprint density at radius 1 is 0.941 bits per heavy atom. The Labute approximate surface area is 128 Å². The normalized spacial score (nSPS) is 11.6. The third-order valence-electron chi connectivity index (χ3n) is 2.42. The van der Waals surface area contributed by atoms with E-state index in [2.05, 4.69) is 74.9 Å². The molecule has 2 rings (SSSR count). The second kappa shape index (κ2) is 6.03. The highest BCUT2D eigenvalue weighted by atomic mass is 127. The minimum absolute atomic E-state index is 1.04. The van der Waals surface area contributed by atoms with Gasteiger partial charge in [-0.25, -0.2) is 0 Å². The van der Waals surface area contributed by atoms with Gasteiger partial charge in [0.25, 0.3) is 0 Å². The SMILES string of the molecule is ClC=C(c1ccc(Br)cc1)c1ccc(I)cc1. The van der Waals surface area contributed by atoms with Crippen LogP contribution < -0.4 is 0 Å². The van der Waals surface area contributed by atoms with Gasteiger partial charge in [0.1, 0.15) is 0 Å². The van der Waals surface area contributed by atoms with Crippen molar-refractivity contribution in [1.82, 2.24) is 0 Å². The summed E-state index contributed by atoms with van der Waals surface area (Å²) in [5.74, 6) is 0. The lowest BCUT2D eigenvalue weighted by molar-refractivity contribution is 1.52. The lowest BCUT2D eigenvalue weighted by Crippen LogP contribution is -1.87. The average molecular weight is 419 g/mol. The highest BCUT2D eigenvalue weighted by Crippen LogP contribution is 2.26. The van der Waals surface area contributed by atoms with Gasteiger partial charge in [0.05, 0.1) is 0 Å². The third kappa shape index (κ3) is 3.33. The fraction of sp³-hybridized carbons (Fsp3) is 0. The van der Waals surface area contributed by atoms with Gasteiger partial charge in [-0.3, -0.25) is 0 Å². The zero-order valence-corrected chi connectivity index (χ0v) is 13.3. The molecule has 0 saturated heterocycles. The number of halogens is 3. The fourth-order valence-electron chi connectivity index (χ4n) is 1.55. The molecule has 0 radical (unpaired) electrons. The van der Waals surface area contributed by atoms with Crippen LogP contribution in [0.3, 0.4) is 0 Å². The third-order valence-corrected chi connectivity index (χ3v) is 3.89. The molecule has 0 unspecified atom stereocenters. The molecule has 2 aromatic rings. The Hall–Kier alpha value is -0.320. The van der Waals surface area contributed by atoms with Gasteiger partial charge in [-0.05, 0) is 58.0 Å².